The maximum atomic E-state index is 12.4. The third kappa shape index (κ3) is 2.99. The molecule has 3 heterocycles. The van der Waals surface area contributed by atoms with Gasteiger partial charge >= 0.3 is 0 Å². The van der Waals surface area contributed by atoms with Gasteiger partial charge < -0.3 is 14.8 Å². The summed E-state index contributed by atoms with van der Waals surface area (Å²) in [5.41, 5.74) is 2.80. The van der Waals surface area contributed by atoms with Gasteiger partial charge in [-0.3, -0.25) is 4.79 Å². The smallest absolute Gasteiger partial charge is 0.231 e. The summed E-state index contributed by atoms with van der Waals surface area (Å²) >= 11 is 12.4. The van der Waals surface area contributed by atoms with Crippen LogP contribution in [0.3, 0.4) is 0 Å². The molecule has 2 aliphatic rings. The lowest BCUT2D eigenvalue weighted by molar-refractivity contribution is -0.116. The van der Waals surface area contributed by atoms with Gasteiger partial charge in [0.15, 0.2) is 11.5 Å². The number of benzene rings is 2. The molecule has 1 atom stereocenters. The Labute approximate surface area is 171 Å². The molecular weight excluding hydrogens is 401 g/mol. The molecule has 5 rings (SSSR count). The van der Waals surface area contributed by atoms with Gasteiger partial charge in [-0.15, -0.1) is 0 Å². The maximum Gasteiger partial charge on any atom is 0.231 e. The third-order valence-corrected chi connectivity index (χ3v) is 5.56. The van der Waals surface area contributed by atoms with Crippen molar-refractivity contribution in [2.24, 2.45) is 0 Å². The minimum Gasteiger partial charge on any atom is -0.454 e. The van der Waals surface area contributed by atoms with Crippen LogP contribution in [0.15, 0.2) is 42.6 Å². The number of fused-ring (bicyclic) bond motifs is 2. The number of nitrogens with zero attached hydrogens (tertiary/aromatic N) is 2. The van der Waals surface area contributed by atoms with E-state index in [-0.39, 0.29) is 18.6 Å². The number of amides is 1. The van der Waals surface area contributed by atoms with Crippen LogP contribution in [0.5, 0.6) is 11.5 Å². The third-order valence-electron chi connectivity index (χ3n) is 5.00. The van der Waals surface area contributed by atoms with E-state index in [1.165, 1.54) is 0 Å². The summed E-state index contributed by atoms with van der Waals surface area (Å²) in [6.07, 6.45) is 2.10. The fraction of sp³-hybridized carbons (Fsp3) is 0.200. The predicted molar refractivity (Wildman–Crippen MR) is 105 cm³/mol. The summed E-state index contributed by atoms with van der Waals surface area (Å²) in [5, 5.41) is 8.56. The van der Waals surface area contributed by atoms with E-state index in [0.717, 1.165) is 22.4 Å². The van der Waals surface area contributed by atoms with E-state index in [2.05, 4.69) is 10.4 Å². The Hall–Kier alpha value is -2.70. The molecule has 0 fully saturated rings. The summed E-state index contributed by atoms with van der Waals surface area (Å²) in [6, 6.07) is 11.1. The molecule has 0 bridgehead atoms. The van der Waals surface area contributed by atoms with Crippen molar-refractivity contribution in [1.29, 1.82) is 0 Å². The highest BCUT2D eigenvalue weighted by atomic mass is 35.5. The number of aromatic nitrogens is 2. The quantitative estimate of drug-likeness (QED) is 0.686. The second-order valence-electron chi connectivity index (χ2n) is 6.76. The molecule has 0 saturated heterocycles. The summed E-state index contributed by atoms with van der Waals surface area (Å²) in [4.78, 5) is 12.4. The van der Waals surface area contributed by atoms with Crippen LogP contribution in [0.4, 0.5) is 5.82 Å². The lowest BCUT2D eigenvalue weighted by Gasteiger charge is -2.24. The fourth-order valence-corrected chi connectivity index (χ4v) is 4.20. The highest BCUT2D eigenvalue weighted by Crippen LogP contribution is 2.41. The van der Waals surface area contributed by atoms with Gasteiger partial charge in [0.2, 0.25) is 12.7 Å². The molecule has 1 aromatic heterocycles. The van der Waals surface area contributed by atoms with Gasteiger partial charge in [-0.1, -0.05) is 35.3 Å². The van der Waals surface area contributed by atoms with E-state index < -0.39 is 0 Å². The molecule has 8 heteroatoms. The van der Waals surface area contributed by atoms with E-state index in [4.69, 9.17) is 32.7 Å². The van der Waals surface area contributed by atoms with Crippen molar-refractivity contribution in [2.45, 2.75) is 18.9 Å². The number of carbonyl (C=O) groups is 1. The van der Waals surface area contributed by atoms with Crippen LogP contribution in [0.1, 0.15) is 29.0 Å². The molecule has 2 aromatic carbocycles. The molecule has 6 nitrogen and oxygen atoms in total. The van der Waals surface area contributed by atoms with Crippen molar-refractivity contribution in [1.82, 2.24) is 9.78 Å². The first kappa shape index (κ1) is 17.4. The second-order valence-corrected chi connectivity index (χ2v) is 7.61. The van der Waals surface area contributed by atoms with Gasteiger partial charge in [0, 0.05) is 27.9 Å². The van der Waals surface area contributed by atoms with Gasteiger partial charge in [-0.2, -0.15) is 5.10 Å². The van der Waals surface area contributed by atoms with Gasteiger partial charge in [0.05, 0.1) is 12.7 Å². The second kappa shape index (κ2) is 6.72. The fourth-order valence-electron chi connectivity index (χ4n) is 3.66. The van der Waals surface area contributed by atoms with Crippen LogP contribution in [-0.4, -0.2) is 22.5 Å². The van der Waals surface area contributed by atoms with Crippen molar-refractivity contribution < 1.29 is 14.3 Å². The van der Waals surface area contributed by atoms with Gasteiger partial charge in [-0.25, -0.2) is 4.68 Å². The topological polar surface area (TPSA) is 65.4 Å². The van der Waals surface area contributed by atoms with Crippen molar-refractivity contribution >= 4 is 34.9 Å². The Morgan fingerprint density at radius 3 is 2.82 bits per heavy atom. The van der Waals surface area contributed by atoms with Crippen LogP contribution < -0.4 is 14.8 Å². The van der Waals surface area contributed by atoms with Crippen LogP contribution in [0.25, 0.3) is 0 Å². The van der Waals surface area contributed by atoms with E-state index in [1.807, 2.05) is 24.3 Å². The molecule has 0 aliphatic carbocycles. The summed E-state index contributed by atoms with van der Waals surface area (Å²) in [5.74, 6) is 1.89. The highest BCUT2D eigenvalue weighted by Gasteiger charge is 2.31. The Balaban J connectivity index is 1.50. The Bertz CT molecular complexity index is 1100. The number of rotatable bonds is 3. The Morgan fingerprint density at radius 2 is 1.96 bits per heavy atom. The predicted octanol–water partition coefficient (Wildman–Crippen LogP) is 4.44. The molecule has 0 saturated carbocycles. The summed E-state index contributed by atoms with van der Waals surface area (Å²) in [7, 11) is 0. The molecule has 1 N–H and O–H groups in total. The van der Waals surface area contributed by atoms with Crippen LogP contribution >= 0.6 is 23.2 Å². The van der Waals surface area contributed by atoms with E-state index >= 15 is 0 Å². The largest absolute Gasteiger partial charge is 0.454 e. The number of hydrogen-bond acceptors (Lipinski definition) is 4. The zero-order valence-electron chi connectivity index (χ0n) is 14.6. The number of hydrogen-bond donors (Lipinski definition) is 1. The number of anilines is 1. The number of halogens is 2. The van der Waals surface area contributed by atoms with Crippen molar-refractivity contribution in [3.05, 3.63) is 69.3 Å². The minimum absolute atomic E-state index is 0.0732. The maximum absolute atomic E-state index is 12.4. The lowest BCUT2D eigenvalue weighted by atomic mass is 9.87. The summed E-state index contributed by atoms with van der Waals surface area (Å²) in [6.45, 7) is 0.725. The molecule has 0 unspecified atom stereocenters. The first-order valence-electron chi connectivity index (χ1n) is 8.77. The van der Waals surface area contributed by atoms with Gasteiger partial charge in [0.1, 0.15) is 5.82 Å². The van der Waals surface area contributed by atoms with Crippen molar-refractivity contribution in [3.8, 4) is 11.5 Å². The number of ether oxygens (including phenoxy) is 2. The van der Waals surface area contributed by atoms with E-state index in [1.54, 1.807) is 23.0 Å². The normalized spacial score (nSPS) is 17.4. The summed E-state index contributed by atoms with van der Waals surface area (Å²) < 4.78 is 12.6. The Kier molecular flexibility index (Phi) is 4.18. The molecule has 0 spiro atoms. The minimum atomic E-state index is -0.168. The first-order chi connectivity index (χ1) is 13.6. The molecule has 3 aromatic rings. The van der Waals surface area contributed by atoms with Gasteiger partial charge in [-0.05, 0) is 35.4 Å². The van der Waals surface area contributed by atoms with Crippen LogP contribution in [0, 0.1) is 0 Å². The number of carbonyl (C=O) groups excluding carboxylic acids is 1. The van der Waals surface area contributed by atoms with Crippen LogP contribution in [-0.2, 0) is 11.3 Å². The first-order valence-corrected chi connectivity index (χ1v) is 9.53. The van der Waals surface area contributed by atoms with Crippen molar-refractivity contribution in [3.63, 3.8) is 0 Å². The molecule has 142 valence electrons. The van der Waals surface area contributed by atoms with E-state index in [0.29, 0.717) is 34.6 Å². The monoisotopic (exact) mass is 415 g/mol. The van der Waals surface area contributed by atoms with Crippen molar-refractivity contribution in [2.75, 3.05) is 12.1 Å². The number of nitrogens with one attached hydrogen (secondary N) is 1. The molecule has 1 amide bonds. The average molecular weight is 416 g/mol. The standard InChI is InChI=1S/C20H15Cl2N3O3/c21-12-2-3-13(16(22)6-12)14-7-19(26)24-20-15(14)8-23-25(20)9-11-1-4-17-18(5-11)28-10-27-17/h1-6,8,14H,7,9-10H2,(H,24,26)/t14-/m1/s1. The highest BCUT2D eigenvalue weighted by molar-refractivity contribution is 6.35. The molecular formula is C20H15Cl2N3O3. The molecule has 28 heavy (non-hydrogen) atoms. The van der Waals surface area contributed by atoms with Gasteiger partial charge in [0.25, 0.3) is 0 Å². The zero-order chi connectivity index (χ0) is 19.3. The zero-order valence-corrected chi connectivity index (χ0v) is 16.1. The molecule has 0 radical (unpaired) electrons. The SMILES string of the molecule is O=C1C[C@H](c2ccc(Cl)cc2Cl)c2cnn(Cc3ccc4c(c3)OCO4)c2N1. The van der Waals surface area contributed by atoms with Crippen LogP contribution in [0.2, 0.25) is 10.0 Å². The Morgan fingerprint density at radius 1 is 1.11 bits per heavy atom. The van der Waals surface area contributed by atoms with E-state index in [9.17, 15) is 4.79 Å². The average Bonchev–Trinajstić information content (AvgIpc) is 3.28. The lowest BCUT2D eigenvalue weighted by Crippen LogP contribution is -2.25. The molecule has 2 aliphatic heterocycles.